The molecule has 0 aromatic rings. The first-order valence-corrected chi connectivity index (χ1v) is 5.96. The molecule has 1 heterocycles. The predicted molar refractivity (Wildman–Crippen MR) is 54.0 cm³/mol. The normalized spacial score (nSPS) is 37.1. The summed E-state index contributed by atoms with van der Waals surface area (Å²) in [6.45, 7) is -0.297. The van der Waals surface area contributed by atoms with Crippen molar-refractivity contribution in [3.8, 4) is 0 Å². The second kappa shape index (κ2) is 4.53. The van der Waals surface area contributed by atoms with Crippen LogP contribution in [0.25, 0.3) is 0 Å². The lowest BCUT2D eigenvalue weighted by Crippen LogP contribution is -2.43. The maximum absolute atomic E-state index is 12.4. The minimum atomic E-state index is -4.12. The maximum Gasteiger partial charge on any atom is 0.401 e. The van der Waals surface area contributed by atoms with E-state index >= 15 is 0 Å². The van der Waals surface area contributed by atoms with E-state index < -0.39 is 12.7 Å². The van der Waals surface area contributed by atoms with Crippen LogP contribution in [0.2, 0.25) is 0 Å². The highest BCUT2D eigenvalue weighted by molar-refractivity contribution is 4.92. The number of nitrogens with zero attached hydrogens (tertiary/aromatic N) is 1. The van der Waals surface area contributed by atoms with Gasteiger partial charge in [0, 0.05) is 12.0 Å². The van der Waals surface area contributed by atoms with E-state index in [2.05, 4.69) is 0 Å². The summed E-state index contributed by atoms with van der Waals surface area (Å²) in [5.41, 5.74) is 0. The molecule has 1 saturated heterocycles. The third kappa shape index (κ3) is 2.69. The van der Waals surface area contributed by atoms with Gasteiger partial charge in [0.1, 0.15) is 0 Å². The number of aliphatic hydroxyl groups is 1. The summed E-state index contributed by atoms with van der Waals surface area (Å²) >= 11 is 0. The Morgan fingerprint density at radius 1 is 1.12 bits per heavy atom. The molecule has 2 aliphatic rings. The molecule has 0 amide bonds. The van der Waals surface area contributed by atoms with Gasteiger partial charge in [-0.3, -0.25) is 4.90 Å². The Morgan fingerprint density at radius 2 is 1.88 bits per heavy atom. The predicted octanol–water partition coefficient (Wildman–Crippen LogP) is 2.17. The average molecular weight is 237 g/mol. The lowest BCUT2D eigenvalue weighted by molar-refractivity contribution is -0.150. The fourth-order valence-electron chi connectivity index (χ4n) is 3.18. The van der Waals surface area contributed by atoms with Crippen molar-refractivity contribution in [2.45, 2.75) is 50.4 Å². The molecule has 1 aliphatic heterocycles. The van der Waals surface area contributed by atoms with E-state index in [0.717, 1.165) is 32.1 Å². The topological polar surface area (TPSA) is 23.5 Å². The first-order chi connectivity index (χ1) is 7.47. The summed E-state index contributed by atoms with van der Waals surface area (Å²) in [4.78, 5) is 1.51. The number of hydrogen-bond acceptors (Lipinski definition) is 2. The molecule has 94 valence electrons. The van der Waals surface area contributed by atoms with Crippen LogP contribution in [-0.4, -0.2) is 41.4 Å². The van der Waals surface area contributed by atoms with Crippen molar-refractivity contribution in [1.82, 2.24) is 4.90 Å². The van der Waals surface area contributed by atoms with Gasteiger partial charge in [0.05, 0.1) is 12.6 Å². The Bertz CT molecular complexity index is 244. The lowest BCUT2D eigenvalue weighted by atomic mass is 9.94. The smallest absolute Gasteiger partial charge is 0.393 e. The highest BCUT2D eigenvalue weighted by Gasteiger charge is 2.42. The van der Waals surface area contributed by atoms with Crippen LogP contribution in [0.1, 0.15) is 32.1 Å². The van der Waals surface area contributed by atoms with Crippen molar-refractivity contribution in [1.29, 1.82) is 0 Å². The highest BCUT2D eigenvalue weighted by Crippen LogP contribution is 2.36. The van der Waals surface area contributed by atoms with Crippen molar-refractivity contribution in [3.05, 3.63) is 0 Å². The molecule has 1 aliphatic carbocycles. The van der Waals surface area contributed by atoms with Gasteiger partial charge >= 0.3 is 6.18 Å². The highest BCUT2D eigenvalue weighted by atomic mass is 19.4. The SMILES string of the molecule is OC1CCCC1C1CCCN1CC(F)(F)F. The van der Waals surface area contributed by atoms with Crippen molar-refractivity contribution >= 4 is 0 Å². The van der Waals surface area contributed by atoms with Gasteiger partial charge in [0.15, 0.2) is 0 Å². The van der Waals surface area contributed by atoms with E-state index in [0.29, 0.717) is 6.54 Å². The summed E-state index contributed by atoms with van der Waals surface area (Å²) in [5, 5.41) is 9.76. The summed E-state index contributed by atoms with van der Waals surface area (Å²) < 4.78 is 37.1. The van der Waals surface area contributed by atoms with Crippen LogP contribution in [0.15, 0.2) is 0 Å². The molecule has 1 N–H and O–H groups in total. The van der Waals surface area contributed by atoms with Gasteiger partial charge in [-0.25, -0.2) is 0 Å². The van der Waals surface area contributed by atoms with E-state index in [1.54, 1.807) is 0 Å². The van der Waals surface area contributed by atoms with Crippen LogP contribution in [-0.2, 0) is 0 Å². The molecule has 2 fully saturated rings. The quantitative estimate of drug-likeness (QED) is 0.795. The fraction of sp³-hybridized carbons (Fsp3) is 1.00. The molecule has 0 radical (unpaired) electrons. The van der Waals surface area contributed by atoms with E-state index in [1.165, 1.54) is 4.90 Å². The third-order valence-corrected chi connectivity index (χ3v) is 3.82. The molecular formula is C11H18F3NO. The zero-order valence-electron chi connectivity index (χ0n) is 9.21. The van der Waals surface area contributed by atoms with Crippen LogP contribution in [0, 0.1) is 5.92 Å². The van der Waals surface area contributed by atoms with E-state index in [1.807, 2.05) is 0 Å². The monoisotopic (exact) mass is 237 g/mol. The van der Waals surface area contributed by atoms with Crippen molar-refractivity contribution in [2.24, 2.45) is 5.92 Å². The number of rotatable bonds is 2. The van der Waals surface area contributed by atoms with Crippen LogP contribution in [0.3, 0.4) is 0 Å². The molecular weight excluding hydrogens is 219 g/mol. The number of alkyl halides is 3. The van der Waals surface area contributed by atoms with Gasteiger partial charge in [-0.2, -0.15) is 13.2 Å². The third-order valence-electron chi connectivity index (χ3n) is 3.82. The molecule has 2 rings (SSSR count). The summed E-state index contributed by atoms with van der Waals surface area (Å²) in [5.74, 6) is 0.0600. The first-order valence-electron chi connectivity index (χ1n) is 5.96. The van der Waals surface area contributed by atoms with Gasteiger partial charge in [0.25, 0.3) is 0 Å². The zero-order valence-corrected chi connectivity index (χ0v) is 9.21. The molecule has 0 bridgehead atoms. The summed E-state index contributed by atoms with van der Waals surface area (Å²) in [6, 6.07) is -0.0564. The molecule has 3 atom stereocenters. The second-order valence-corrected chi connectivity index (χ2v) is 4.96. The Hall–Kier alpha value is -0.290. The summed E-state index contributed by atoms with van der Waals surface area (Å²) in [7, 11) is 0. The van der Waals surface area contributed by atoms with Gasteiger partial charge in [-0.15, -0.1) is 0 Å². The van der Waals surface area contributed by atoms with Crippen LogP contribution in [0.5, 0.6) is 0 Å². The van der Waals surface area contributed by atoms with Gasteiger partial charge in [-0.05, 0) is 32.2 Å². The molecule has 3 unspecified atom stereocenters. The molecule has 1 saturated carbocycles. The van der Waals surface area contributed by atoms with Gasteiger partial charge < -0.3 is 5.11 Å². The van der Waals surface area contributed by atoms with Crippen LogP contribution >= 0.6 is 0 Å². The molecule has 5 heteroatoms. The number of likely N-dealkylation sites (tertiary alicyclic amines) is 1. The summed E-state index contributed by atoms with van der Waals surface area (Å²) in [6.07, 6.45) is -0.309. The minimum Gasteiger partial charge on any atom is -0.393 e. The van der Waals surface area contributed by atoms with E-state index in [9.17, 15) is 18.3 Å². The largest absolute Gasteiger partial charge is 0.401 e. The lowest BCUT2D eigenvalue weighted by Gasteiger charge is -2.31. The zero-order chi connectivity index (χ0) is 11.8. The van der Waals surface area contributed by atoms with Crippen LogP contribution in [0.4, 0.5) is 13.2 Å². The first kappa shape index (κ1) is 12.2. The van der Waals surface area contributed by atoms with Gasteiger partial charge in [-0.1, -0.05) is 6.42 Å². The van der Waals surface area contributed by atoms with Gasteiger partial charge in [0.2, 0.25) is 0 Å². The Morgan fingerprint density at radius 3 is 2.44 bits per heavy atom. The fourth-order valence-corrected chi connectivity index (χ4v) is 3.18. The molecule has 16 heavy (non-hydrogen) atoms. The molecule has 0 aromatic heterocycles. The van der Waals surface area contributed by atoms with E-state index in [4.69, 9.17) is 0 Å². The Kier molecular flexibility index (Phi) is 3.45. The maximum atomic E-state index is 12.4. The van der Waals surface area contributed by atoms with Crippen LogP contribution < -0.4 is 0 Å². The van der Waals surface area contributed by atoms with E-state index in [-0.39, 0.29) is 18.1 Å². The minimum absolute atomic E-state index is 0.0564. The molecule has 0 spiro atoms. The number of aliphatic hydroxyl groups excluding tert-OH is 1. The number of halogens is 3. The standard InChI is InChI=1S/C11H18F3NO/c12-11(13,14)7-15-6-2-4-9(15)8-3-1-5-10(8)16/h8-10,16H,1-7H2. The Balaban J connectivity index is 1.97. The molecule has 2 nitrogen and oxygen atoms in total. The Labute approximate surface area is 93.4 Å². The number of hydrogen-bond donors (Lipinski definition) is 1. The average Bonchev–Trinajstić information content (AvgIpc) is 2.71. The van der Waals surface area contributed by atoms with Crippen molar-refractivity contribution < 1.29 is 18.3 Å². The molecule has 0 aromatic carbocycles. The van der Waals surface area contributed by atoms with Crippen molar-refractivity contribution in [3.63, 3.8) is 0 Å². The second-order valence-electron chi connectivity index (χ2n) is 4.96. The van der Waals surface area contributed by atoms with Crippen molar-refractivity contribution in [2.75, 3.05) is 13.1 Å².